The Bertz CT molecular complexity index is 2970. The fourth-order valence-corrected chi connectivity index (χ4v) is 7.45. The SMILES string of the molecule is CCNC(=O)c1c[nH]c2ncc(-c3nn(CCCN(C)C)c4ccc(OC(F)F)cc34)nc12.CCNC(=O)c1c[nH]c2ncc(Br)nc12.Cc1nn(CCCN(C)C)c2ccc(OC(F)F)cc12. The number of ether oxygens (including phenoxy) is 2. The van der Waals surface area contributed by atoms with Gasteiger partial charge in [-0.3, -0.25) is 19.0 Å². The molecule has 0 aliphatic carbocycles. The van der Waals surface area contributed by atoms with E-state index in [0.717, 1.165) is 54.6 Å². The highest BCUT2D eigenvalue weighted by atomic mass is 79.9. The van der Waals surface area contributed by atoms with Crippen LogP contribution in [0.25, 0.3) is 55.5 Å². The van der Waals surface area contributed by atoms with E-state index in [9.17, 15) is 27.2 Å². The molecule has 8 rings (SSSR count). The Balaban J connectivity index is 0.000000184. The van der Waals surface area contributed by atoms with Gasteiger partial charge in [-0.25, -0.2) is 19.9 Å². The molecule has 362 valence electrons. The minimum atomic E-state index is -2.93. The van der Waals surface area contributed by atoms with Gasteiger partial charge >= 0.3 is 13.2 Å². The molecule has 0 bridgehead atoms. The van der Waals surface area contributed by atoms with E-state index >= 15 is 0 Å². The number of hydrogen-bond acceptors (Lipinski definition) is 12. The summed E-state index contributed by atoms with van der Waals surface area (Å²) in [6.07, 6.45) is 8.14. The van der Waals surface area contributed by atoms with Crippen LogP contribution in [0, 0.1) is 6.92 Å². The summed E-state index contributed by atoms with van der Waals surface area (Å²) in [6.45, 7) is 4.19. The van der Waals surface area contributed by atoms with E-state index in [2.05, 4.69) is 80.8 Å². The average Bonchev–Trinajstić information content (AvgIpc) is 4.07. The highest BCUT2D eigenvalue weighted by Crippen LogP contribution is 2.32. The molecule has 0 atom stereocenters. The van der Waals surface area contributed by atoms with Gasteiger partial charge in [-0.05, 0) is 127 Å². The number of carbonyl (C=O) groups is 2. The van der Waals surface area contributed by atoms with E-state index < -0.39 is 13.2 Å². The van der Waals surface area contributed by atoms with Crippen LogP contribution >= 0.6 is 15.9 Å². The first kappa shape index (κ1) is 50.7. The molecule has 6 heterocycles. The lowest BCUT2D eigenvalue weighted by molar-refractivity contribution is -0.0504. The molecule has 23 heteroatoms. The summed E-state index contributed by atoms with van der Waals surface area (Å²) < 4.78 is 63.4. The molecule has 18 nitrogen and oxygen atoms in total. The first-order valence-electron chi connectivity index (χ1n) is 21.6. The minimum Gasteiger partial charge on any atom is -0.435 e. The molecule has 2 amide bonds. The fraction of sp³-hybridized carbons (Fsp3) is 0.378. The third-order valence-corrected chi connectivity index (χ3v) is 10.6. The van der Waals surface area contributed by atoms with E-state index in [0.29, 0.717) is 74.5 Å². The molecule has 0 aliphatic heterocycles. The van der Waals surface area contributed by atoms with Gasteiger partial charge in [-0.2, -0.15) is 27.8 Å². The van der Waals surface area contributed by atoms with E-state index in [1.165, 1.54) is 12.1 Å². The van der Waals surface area contributed by atoms with Crippen molar-refractivity contribution >= 4 is 71.9 Å². The van der Waals surface area contributed by atoms with E-state index in [1.807, 2.05) is 58.3 Å². The monoisotopic (exact) mass is 1010 g/mol. The van der Waals surface area contributed by atoms with Crippen LogP contribution in [0.5, 0.6) is 11.5 Å². The zero-order valence-corrected chi connectivity index (χ0v) is 40.2. The standard InChI is InChI=1S/C22H25F2N7O2.C14H19F2N3O.C9H9BrN4O/c1-4-25-21(32)15-11-26-20-19(15)28-16(12-27-20)18-14-10-13(33-22(23)24)6-7-17(14)31(29-18)9-5-8-30(2)3;1-10-12-9-11(20-14(15)16)5-6-13(12)19(17-10)8-4-7-18(2)3;1-2-11-9(15)5-3-12-8-7(5)14-6(10)4-13-8/h6-7,10-12,22H,4-5,8-9H2,1-3H3,(H,25,32)(H,26,27);5-6,9,14H,4,7-8H2,1-3H3;3-4H,2H2,1H3,(H,11,15)(H,12,13). The predicted octanol–water partition coefficient (Wildman–Crippen LogP) is 7.65. The minimum absolute atomic E-state index is 0.0327. The molecule has 0 aliphatic rings. The molecule has 68 heavy (non-hydrogen) atoms. The van der Waals surface area contributed by atoms with Crippen LogP contribution in [0.15, 0.2) is 65.8 Å². The Labute approximate surface area is 396 Å². The number of halogens is 5. The van der Waals surface area contributed by atoms with Gasteiger partial charge in [-0.1, -0.05) is 0 Å². The van der Waals surface area contributed by atoms with Gasteiger partial charge in [0.15, 0.2) is 11.3 Å². The summed E-state index contributed by atoms with van der Waals surface area (Å²) in [5.74, 6) is -0.202. The molecule has 0 spiro atoms. The number of H-pyrrole nitrogens is 2. The third kappa shape index (κ3) is 12.8. The topological polar surface area (TPSA) is 202 Å². The molecule has 0 radical (unpaired) electrons. The zero-order chi connectivity index (χ0) is 49.1. The average molecular weight is 1010 g/mol. The van der Waals surface area contributed by atoms with Gasteiger partial charge in [0, 0.05) is 49.3 Å². The number of aromatic nitrogens is 10. The molecule has 0 unspecified atom stereocenters. The first-order valence-corrected chi connectivity index (χ1v) is 22.4. The lowest BCUT2D eigenvalue weighted by Gasteiger charge is -2.09. The van der Waals surface area contributed by atoms with Crippen molar-refractivity contribution in [1.29, 1.82) is 0 Å². The highest BCUT2D eigenvalue weighted by Gasteiger charge is 2.20. The van der Waals surface area contributed by atoms with Crippen LogP contribution in [0.2, 0.25) is 0 Å². The second-order valence-corrected chi connectivity index (χ2v) is 16.6. The number of benzene rings is 2. The first-order chi connectivity index (χ1) is 32.6. The van der Waals surface area contributed by atoms with Crippen molar-refractivity contribution in [3.8, 4) is 22.9 Å². The maximum absolute atomic E-state index is 12.8. The number of nitrogens with zero attached hydrogens (tertiary/aromatic N) is 10. The zero-order valence-electron chi connectivity index (χ0n) is 38.6. The number of alkyl halides is 4. The second kappa shape index (κ2) is 23.3. The Morgan fingerprint density at radius 2 is 1.21 bits per heavy atom. The van der Waals surface area contributed by atoms with Crippen LogP contribution in [0.4, 0.5) is 17.6 Å². The van der Waals surface area contributed by atoms with Gasteiger partial charge in [0.2, 0.25) is 0 Å². The van der Waals surface area contributed by atoms with Crippen LogP contribution in [-0.2, 0) is 13.1 Å². The van der Waals surface area contributed by atoms with Crippen LogP contribution in [-0.4, -0.2) is 139 Å². The normalized spacial score (nSPS) is 11.5. The summed E-state index contributed by atoms with van der Waals surface area (Å²) in [5, 5.41) is 16.1. The van der Waals surface area contributed by atoms with E-state index in [1.54, 1.807) is 49.1 Å². The van der Waals surface area contributed by atoms with Crippen LogP contribution in [0.3, 0.4) is 0 Å². The third-order valence-electron chi connectivity index (χ3n) is 10.2. The van der Waals surface area contributed by atoms with Gasteiger partial charge < -0.3 is 39.9 Å². The summed E-state index contributed by atoms with van der Waals surface area (Å²) in [4.78, 5) is 51.4. The van der Waals surface area contributed by atoms with E-state index in [-0.39, 0.29) is 23.3 Å². The quantitative estimate of drug-likeness (QED) is 0.0651. The van der Waals surface area contributed by atoms with Crippen LogP contribution in [0.1, 0.15) is 53.1 Å². The van der Waals surface area contributed by atoms with Gasteiger partial charge in [0.05, 0.1) is 40.2 Å². The molecule has 2 aromatic carbocycles. The molecular weight excluding hydrogens is 956 g/mol. The largest absolute Gasteiger partial charge is 0.435 e. The molecule has 8 aromatic rings. The number of aryl methyl sites for hydroxylation is 3. The number of nitrogens with one attached hydrogen (secondary N) is 4. The highest BCUT2D eigenvalue weighted by molar-refractivity contribution is 9.10. The Morgan fingerprint density at radius 3 is 1.72 bits per heavy atom. The second-order valence-electron chi connectivity index (χ2n) is 15.8. The van der Waals surface area contributed by atoms with Gasteiger partial charge in [0.1, 0.15) is 38.5 Å². The summed E-state index contributed by atoms with van der Waals surface area (Å²) in [5.41, 5.74) is 6.40. The smallest absolute Gasteiger partial charge is 0.387 e. The van der Waals surface area contributed by atoms with Crippen molar-refractivity contribution in [3.63, 3.8) is 0 Å². The number of carbonyl (C=O) groups excluding carboxylic acids is 2. The number of hydrogen-bond donors (Lipinski definition) is 4. The fourth-order valence-electron chi connectivity index (χ4n) is 7.17. The Morgan fingerprint density at radius 1 is 0.721 bits per heavy atom. The maximum Gasteiger partial charge on any atom is 0.387 e. The molecule has 0 fully saturated rings. The summed E-state index contributed by atoms with van der Waals surface area (Å²) >= 11 is 3.22. The van der Waals surface area contributed by atoms with Crippen molar-refractivity contribution in [2.24, 2.45) is 0 Å². The summed E-state index contributed by atoms with van der Waals surface area (Å²) in [6, 6.07) is 9.69. The lowest BCUT2D eigenvalue weighted by atomic mass is 10.1. The Hall–Kier alpha value is -6.72. The number of fused-ring (bicyclic) bond motifs is 4. The molecule has 0 saturated heterocycles. The van der Waals surface area contributed by atoms with Crippen LogP contribution < -0.4 is 20.1 Å². The number of amides is 2. The van der Waals surface area contributed by atoms with Gasteiger partial charge in [-0.15, -0.1) is 0 Å². The van der Waals surface area contributed by atoms with Crippen molar-refractivity contribution < 1.29 is 36.6 Å². The van der Waals surface area contributed by atoms with E-state index in [4.69, 9.17) is 5.10 Å². The molecule has 6 aromatic heterocycles. The molecule has 4 N–H and O–H groups in total. The maximum atomic E-state index is 12.8. The lowest BCUT2D eigenvalue weighted by Crippen LogP contribution is -2.22. The number of aromatic amines is 2. The molecular formula is C45H53BrF4N14O4. The van der Waals surface area contributed by atoms with Crippen molar-refractivity contribution in [2.45, 2.75) is 59.9 Å². The number of rotatable bonds is 17. The van der Waals surface area contributed by atoms with Crippen molar-refractivity contribution in [2.75, 3.05) is 54.4 Å². The summed E-state index contributed by atoms with van der Waals surface area (Å²) in [7, 11) is 8.05. The molecule has 0 saturated carbocycles. The van der Waals surface area contributed by atoms with Crippen molar-refractivity contribution in [3.05, 3.63) is 82.6 Å². The van der Waals surface area contributed by atoms with Crippen molar-refractivity contribution in [1.82, 2.24) is 69.9 Å². The van der Waals surface area contributed by atoms with Gasteiger partial charge in [0.25, 0.3) is 11.8 Å². The Kier molecular flexibility index (Phi) is 17.4. The predicted molar refractivity (Wildman–Crippen MR) is 254 cm³/mol.